The van der Waals surface area contributed by atoms with Crippen molar-refractivity contribution in [2.24, 2.45) is 0 Å². The normalized spacial score (nSPS) is 15.4. The van der Waals surface area contributed by atoms with E-state index in [1.54, 1.807) is 54.6 Å². The van der Waals surface area contributed by atoms with Crippen LogP contribution in [0, 0.1) is 0 Å². The van der Waals surface area contributed by atoms with Crippen LogP contribution in [-0.2, 0) is 14.3 Å². The topological polar surface area (TPSA) is 72.9 Å². The average Bonchev–Trinajstić information content (AvgIpc) is 2.94. The Bertz CT molecular complexity index is 879. The number of benzene rings is 2. The molecule has 2 amide bonds. The Kier molecular flexibility index (Phi) is 5.38. The minimum atomic E-state index is -0.510. The SMILES string of the molecule is COC(=O)COc1ccccc1/C=C1/SC(=O)N(c2ccccc2)C1=O. The summed E-state index contributed by atoms with van der Waals surface area (Å²) in [7, 11) is 1.27. The first kappa shape index (κ1) is 17.8. The van der Waals surface area contributed by atoms with Crippen molar-refractivity contribution in [1.29, 1.82) is 0 Å². The van der Waals surface area contributed by atoms with Gasteiger partial charge >= 0.3 is 5.97 Å². The monoisotopic (exact) mass is 369 g/mol. The second-order valence-corrected chi connectivity index (χ2v) is 6.25. The molecule has 26 heavy (non-hydrogen) atoms. The molecule has 1 aliphatic heterocycles. The quantitative estimate of drug-likeness (QED) is 0.593. The van der Waals surface area contributed by atoms with Crippen molar-refractivity contribution in [2.45, 2.75) is 0 Å². The summed E-state index contributed by atoms with van der Waals surface area (Å²) in [6, 6.07) is 15.7. The van der Waals surface area contributed by atoms with Crippen LogP contribution in [-0.4, -0.2) is 30.8 Å². The minimum Gasteiger partial charge on any atom is -0.481 e. The van der Waals surface area contributed by atoms with Crippen molar-refractivity contribution >= 4 is 40.6 Å². The summed E-state index contributed by atoms with van der Waals surface area (Å²) in [6.45, 7) is -0.243. The summed E-state index contributed by atoms with van der Waals surface area (Å²) >= 11 is 0.860. The van der Waals surface area contributed by atoms with Crippen LogP contribution in [0.25, 0.3) is 6.08 Å². The van der Waals surface area contributed by atoms with E-state index in [0.717, 1.165) is 16.7 Å². The number of imide groups is 1. The van der Waals surface area contributed by atoms with Crippen molar-refractivity contribution in [3.05, 3.63) is 65.1 Å². The van der Waals surface area contributed by atoms with Crippen molar-refractivity contribution in [2.75, 3.05) is 18.6 Å². The average molecular weight is 369 g/mol. The molecule has 0 spiro atoms. The zero-order valence-corrected chi connectivity index (χ0v) is 14.7. The van der Waals surface area contributed by atoms with Crippen LogP contribution in [0.2, 0.25) is 0 Å². The second kappa shape index (κ2) is 7.88. The van der Waals surface area contributed by atoms with E-state index in [2.05, 4.69) is 4.74 Å². The fraction of sp³-hybridized carbons (Fsp3) is 0.105. The van der Waals surface area contributed by atoms with E-state index in [9.17, 15) is 14.4 Å². The van der Waals surface area contributed by atoms with Gasteiger partial charge < -0.3 is 9.47 Å². The van der Waals surface area contributed by atoms with Crippen LogP contribution >= 0.6 is 11.8 Å². The highest BCUT2D eigenvalue weighted by molar-refractivity contribution is 8.19. The lowest BCUT2D eigenvalue weighted by atomic mass is 10.2. The van der Waals surface area contributed by atoms with Crippen LogP contribution in [0.4, 0.5) is 10.5 Å². The van der Waals surface area contributed by atoms with Gasteiger partial charge in [0.05, 0.1) is 17.7 Å². The third kappa shape index (κ3) is 3.78. The molecule has 1 saturated heterocycles. The summed E-state index contributed by atoms with van der Waals surface area (Å²) < 4.78 is 9.99. The number of rotatable bonds is 5. The maximum atomic E-state index is 12.6. The first-order chi connectivity index (χ1) is 12.6. The molecule has 0 radical (unpaired) electrons. The van der Waals surface area contributed by atoms with E-state index in [0.29, 0.717) is 17.0 Å². The van der Waals surface area contributed by atoms with Gasteiger partial charge in [-0.1, -0.05) is 36.4 Å². The number of anilines is 1. The number of hydrogen-bond donors (Lipinski definition) is 0. The number of nitrogens with zero attached hydrogens (tertiary/aromatic N) is 1. The zero-order valence-electron chi connectivity index (χ0n) is 13.9. The van der Waals surface area contributed by atoms with Crippen molar-refractivity contribution in [3.63, 3.8) is 0 Å². The van der Waals surface area contributed by atoms with Crippen molar-refractivity contribution in [1.82, 2.24) is 0 Å². The standard InChI is InChI=1S/C19H15NO5S/c1-24-17(21)12-25-15-10-6-5-7-13(15)11-16-18(22)20(19(23)26-16)14-8-3-2-4-9-14/h2-11H,12H2,1H3/b16-11+. The van der Waals surface area contributed by atoms with E-state index in [1.807, 2.05) is 6.07 Å². The lowest BCUT2D eigenvalue weighted by molar-refractivity contribution is -0.142. The summed E-state index contributed by atoms with van der Waals surface area (Å²) in [4.78, 5) is 37.6. The summed E-state index contributed by atoms with van der Waals surface area (Å²) in [5, 5.41) is -0.361. The Labute approximate surface area is 154 Å². The number of carbonyl (C=O) groups excluding carboxylic acids is 3. The predicted octanol–water partition coefficient (Wildman–Crippen LogP) is 3.48. The number of methoxy groups -OCH3 is 1. The number of carbonyl (C=O) groups is 3. The second-order valence-electron chi connectivity index (χ2n) is 5.26. The van der Waals surface area contributed by atoms with Gasteiger partial charge in [0.15, 0.2) is 6.61 Å². The Hall–Kier alpha value is -3.06. The maximum Gasteiger partial charge on any atom is 0.343 e. The van der Waals surface area contributed by atoms with Crippen LogP contribution < -0.4 is 9.64 Å². The van der Waals surface area contributed by atoms with Gasteiger partial charge in [-0.3, -0.25) is 9.59 Å². The van der Waals surface area contributed by atoms with Crippen LogP contribution in [0.1, 0.15) is 5.56 Å². The molecule has 2 aromatic rings. The number of esters is 1. The molecule has 0 saturated carbocycles. The summed E-state index contributed by atoms with van der Waals surface area (Å²) in [5.74, 6) is -0.484. The van der Waals surface area contributed by atoms with Crippen LogP contribution in [0.15, 0.2) is 59.5 Å². The zero-order chi connectivity index (χ0) is 18.5. The first-order valence-corrected chi connectivity index (χ1v) is 8.53. The maximum absolute atomic E-state index is 12.6. The molecule has 1 aliphatic rings. The summed E-state index contributed by atoms with van der Waals surface area (Å²) in [5.41, 5.74) is 1.11. The fourth-order valence-electron chi connectivity index (χ4n) is 2.34. The van der Waals surface area contributed by atoms with E-state index in [1.165, 1.54) is 7.11 Å². The van der Waals surface area contributed by atoms with E-state index in [4.69, 9.17) is 4.74 Å². The molecule has 0 N–H and O–H groups in total. The molecule has 3 rings (SSSR count). The molecule has 6 nitrogen and oxygen atoms in total. The highest BCUT2D eigenvalue weighted by atomic mass is 32.2. The molecule has 2 aromatic carbocycles. The van der Waals surface area contributed by atoms with Gasteiger partial charge in [0.25, 0.3) is 11.1 Å². The summed E-state index contributed by atoms with van der Waals surface area (Å²) in [6.07, 6.45) is 1.58. The molecule has 0 atom stereocenters. The molecule has 0 aromatic heterocycles. The fourth-order valence-corrected chi connectivity index (χ4v) is 3.17. The third-order valence-corrected chi connectivity index (χ3v) is 4.46. The van der Waals surface area contributed by atoms with Gasteiger partial charge in [0.2, 0.25) is 0 Å². The molecule has 0 unspecified atom stereocenters. The largest absolute Gasteiger partial charge is 0.481 e. The predicted molar refractivity (Wildman–Crippen MR) is 98.8 cm³/mol. The molecule has 132 valence electrons. The smallest absolute Gasteiger partial charge is 0.343 e. The Morgan fingerprint density at radius 2 is 1.77 bits per heavy atom. The third-order valence-electron chi connectivity index (χ3n) is 3.59. The Morgan fingerprint density at radius 1 is 1.08 bits per heavy atom. The van der Waals surface area contributed by atoms with Crippen molar-refractivity contribution < 1.29 is 23.9 Å². The number of para-hydroxylation sites is 2. The molecule has 7 heteroatoms. The van der Waals surface area contributed by atoms with Gasteiger partial charge in [0.1, 0.15) is 5.75 Å². The highest BCUT2D eigenvalue weighted by Gasteiger charge is 2.36. The number of ether oxygens (including phenoxy) is 2. The van der Waals surface area contributed by atoms with Gasteiger partial charge in [0, 0.05) is 5.56 Å². The molecular weight excluding hydrogens is 354 g/mol. The van der Waals surface area contributed by atoms with Gasteiger partial charge in [-0.05, 0) is 36.0 Å². The lowest BCUT2D eigenvalue weighted by Crippen LogP contribution is -2.27. The van der Waals surface area contributed by atoms with Crippen LogP contribution in [0.3, 0.4) is 0 Å². The highest BCUT2D eigenvalue weighted by Crippen LogP contribution is 2.36. The van der Waals surface area contributed by atoms with Gasteiger partial charge in [-0.2, -0.15) is 0 Å². The van der Waals surface area contributed by atoms with Crippen LogP contribution in [0.5, 0.6) is 5.75 Å². The minimum absolute atomic E-state index is 0.243. The van der Waals surface area contributed by atoms with Crippen molar-refractivity contribution in [3.8, 4) is 5.75 Å². The lowest BCUT2D eigenvalue weighted by Gasteiger charge is -2.11. The Morgan fingerprint density at radius 3 is 2.50 bits per heavy atom. The Balaban J connectivity index is 1.86. The van der Waals surface area contributed by atoms with E-state index < -0.39 is 11.9 Å². The number of thioether (sulfide) groups is 1. The van der Waals surface area contributed by atoms with E-state index in [-0.39, 0.29) is 16.8 Å². The van der Waals surface area contributed by atoms with Gasteiger partial charge in [-0.25, -0.2) is 9.69 Å². The first-order valence-electron chi connectivity index (χ1n) is 7.72. The van der Waals surface area contributed by atoms with E-state index >= 15 is 0 Å². The van der Waals surface area contributed by atoms with Gasteiger partial charge in [-0.15, -0.1) is 0 Å². The molecular formula is C19H15NO5S. The number of hydrogen-bond acceptors (Lipinski definition) is 6. The number of amides is 2. The molecule has 1 fully saturated rings. The molecule has 1 heterocycles. The molecule has 0 aliphatic carbocycles. The molecule has 0 bridgehead atoms.